The van der Waals surface area contributed by atoms with Gasteiger partial charge in [0.1, 0.15) is 10.6 Å². The highest BCUT2D eigenvalue weighted by Crippen LogP contribution is 2.29. The number of hydrogen-bond acceptors (Lipinski definition) is 6. The van der Waals surface area contributed by atoms with E-state index in [1.807, 2.05) is 12.1 Å². The molecule has 2 heterocycles. The summed E-state index contributed by atoms with van der Waals surface area (Å²) in [7, 11) is 0. The number of amides is 1. The van der Waals surface area contributed by atoms with E-state index in [-0.39, 0.29) is 5.91 Å². The number of hydrogen-bond donors (Lipinski definition) is 3. The maximum Gasteiger partial charge on any atom is 0.258 e. The first-order valence-corrected chi connectivity index (χ1v) is 8.64. The number of carbonyl (C=O) groups excluding carboxylic acids is 1. The van der Waals surface area contributed by atoms with E-state index in [1.54, 1.807) is 11.3 Å². The third kappa shape index (κ3) is 3.66. The van der Waals surface area contributed by atoms with Crippen molar-refractivity contribution >= 4 is 51.2 Å². The molecule has 1 amide bonds. The topological polar surface area (TPSA) is 80.0 Å². The molecule has 0 aliphatic heterocycles. The molecule has 0 saturated heterocycles. The standard InChI is InChI=1S/C13H15ClN4OS2/c14-9-4-3-8(20-9)5-6-16-13-10(11(15)18-21-13)12(19)17-7-1-2-7/h3-4,7,16H,1-2,5-6H2,(H2,15,18)(H,17,19). The molecule has 112 valence electrons. The first-order valence-electron chi connectivity index (χ1n) is 6.67. The predicted molar refractivity (Wildman–Crippen MR) is 88.5 cm³/mol. The number of anilines is 2. The number of nitrogens with two attached hydrogens (primary N) is 1. The summed E-state index contributed by atoms with van der Waals surface area (Å²) in [6.45, 7) is 0.711. The molecule has 5 nitrogen and oxygen atoms in total. The molecule has 1 saturated carbocycles. The summed E-state index contributed by atoms with van der Waals surface area (Å²) >= 11 is 8.69. The third-order valence-electron chi connectivity index (χ3n) is 3.14. The number of nitrogens with one attached hydrogen (secondary N) is 2. The van der Waals surface area contributed by atoms with E-state index in [1.165, 1.54) is 16.4 Å². The first kappa shape index (κ1) is 14.6. The van der Waals surface area contributed by atoms with Crippen LogP contribution in [0.1, 0.15) is 28.1 Å². The summed E-state index contributed by atoms with van der Waals surface area (Å²) in [6, 6.07) is 4.20. The van der Waals surface area contributed by atoms with Crippen LogP contribution in [0.25, 0.3) is 0 Å². The van der Waals surface area contributed by atoms with Crippen LogP contribution >= 0.6 is 34.5 Å². The van der Waals surface area contributed by atoms with Crippen LogP contribution in [0, 0.1) is 0 Å². The van der Waals surface area contributed by atoms with Gasteiger partial charge in [-0.2, -0.15) is 4.37 Å². The second-order valence-electron chi connectivity index (χ2n) is 4.90. The summed E-state index contributed by atoms with van der Waals surface area (Å²) in [5.41, 5.74) is 6.28. The van der Waals surface area contributed by atoms with Crippen molar-refractivity contribution in [3.63, 3.8) is 0 Å². The molecular weight excluding hydrogens is 328 g/mol. The van der Waals surface area contributed by atoms with Gasteiger partial charge in [0.15, 0.2) is 5.82 Å². The summed E-state index contributed by atoms with van der Waals surface area (Å²) in [5, 5.41) is 6.92. The molecule has 0 aromatic carbocycles. The number of rotatable bonds is 6. The highest BCUT2D eigenvalue weighted by molar-refractivity contribution is 7.16. The van der Waals surface area contributed by atoms with Crippen LogP contribution in [0.4, 0.5) is 10.8 Å². The van der Waals surface area contributed by atoms with Crippen LogP contribution < -0.4 is 16.4 Å². The normalized spacial score (nSPS) is 14.1. The molecule has 0 radical (unpaired) electrons. The van der Waals surface area contributed by atoms with Gasteiger partial charge in [-0.25, -0.2) is 0 Å². The minimum absolute atomic E-state index is 0.134. The second-order valence-corrected chi connectivity index (χ2v) is 7.48. The summed E-state index contributed by atoms with van der Waals surface area (Å²) in [4.78, 5) is 13.4. The molecule has 0 spiro atoms. The number of halogens is 1. The molecule has 1 aliphatic rings. The van der Waals surface area contributed by atoms with Crippen molar-refractivity contribution in [1.82, 2.24) is 9.69 Å². The number of thiophene rings is 1. The average Bonchev–Trinajstić information content (AvgIpc) is 3.03. The van der Waals surface area contributed by atoms with E-state index >= 15 is 0 Å². The average molecular weight is 343 g/mol. The van der Waals surface area contributed by atoms with Gasteiger partial charge >= 0.3 is 0 Å². The van der Waals surface area contributed by atoms with Gasteiger partial charge in [0.25, 0.3) is 5.91 Å². The minimum atomic E-state index is -0.134. The molecule has 21 heavy (non-hydrogen) atoms. The fourth-order valence-electron chi connectivity index (χ4n) is 1.91. The highest BCUT2D eigenvalue weighted by atomic mass is 35.5. The fraction of sp³-hybridized carbons (Fsp3) is 0.385. The Morgan fingerprint density at radius 1 is 1.48 bits per heavy atom. The van der Waals surface area contributed by atoms with Gasteiger partial charge in [0, 0.05) is 17.5 Å². The first-order chi connectivity index (χ1) is 10.1. The zero-order chi connectivity index (χ0) is 14.8. The summed E-state index contributed by atoms with van der Waals surface area (Å²) in [5.74, 6) is 0.158. The van der Waals surface area contributed by atoms with Crippen molar-refractivity contribution < 1.29 is 4.79 Å². The summed E-state index contributed by atoms with van der Waals surface area (Å²) < 4.78 is 4.86. The molecule has 4 N–H and O–H groups in total. The number of carbonyl (C=O) groups is 1. The lowest BCUT2D eigenvalue weighted by molar-refractivity contribution is 0.0953. The van der Waals surface area contributed by atoms with Crippen molar-refractivity contribution in [2.24, 2.45) is 0 Å². The number of aromatic nitrogens is 1. The molecular formula is C13H15ClN4OS2. The Hall–Kier alpha value is -1.31. The predicted octanol–water partition coefficient (Wildman–Crippen LogP) is 2.99. The number of nitrogen functional groups attached to an aromatic ring is 1. The van der Waals surface area contributed by atoms with Gasteiger partial charge in [-0.1, -0.05) is 11.6 Å². The van der Waals surface area contributed by atoms with Crippen LogP contribution in [0.3, 0.4) is 0 Å². The van der Waals surface area contributed by atoms with Crippen molar-refractivity contribution in [3.8, 4) is 0 Å². The number of nitrogens with zero attached hydrogens (tertiary/aromatic N) is 1. The molecule has 8 heteroatoms. The molecule has 3 rings (SSSR count). The van der Waals surface area contributed by atoms with Crippen molar-refractivity contribution in [1.29, 1.82) is 0 Å². The third-order valence-corrected chi connectivity index (χ3v) is 5.25. The lowest BCUT2D eigenvalue weighted by Crippen LogP contribution is -2.26. The Balaban J connectivity index is 1.60. The van der Waals surface area contributed by atoms with E-state index in [0.717, 1.165) is 28.6 Å². The zero-order valence-electron chi connectivity index (χ0n) is 11.2. The Kier molecular flexibility index (Phi) is 4.32. The lowest BCUT2D eigenvalue weighted by atomic mass is 10.2. The van der Waals surface area contributed by atoms with Gasteiger partial charge < -0.3 is 16.4 Å². The molecule has 0 unspecified atom stereocenters. The smallest absolute Gasteiger partial charge is 0.258 e. The van der Waals surface area contributed by atoms with Crippen LogP contribution in [0.2, 0.25) is 4.34 Å². The van der Waals surface area contributed by atoms with E-state index in [2.05, 4.69) is 15.0 Å². The molecule has 1 aliphatic carbocycles. The second kappa shape index (κ2) is 6.21. The van der Waals surface area contributed by atoms with Crippen molar-refractivity contribution in [2.45, 2.75) is 25.3 Å². The lowest BCUT2D eigenvalue weighted by Gasteiger charge is -2.07. The van der Waals surface area contributed by atoms with E-state index in [4.69, 9.17) is 17.3 Å². The summed E-state index contributed by atoms with van der Waals surface area (Å²) in [6.07, 6.45) is 2.94. The minimum Gasteiger partial charge on any atom is -0.382 e. The van der Waals surface area contributed by atoms with E-state index in [9.17, 15) is 4.79 Å². The largest absolute Gasteiger partial charge is 0.382 e. The van der Waals surface area contributed by atoms with Gasteiger partial charge in [0.05, 0.1) is 4.34 Å². The molecule has 1 fully saturated rings. The Labute approximate surface area is 135 Å². The maximum absolute atomic E-state index is 12.2. The van der Waals surface area contributed by atoms with Crippen LogP contribution in [0.15, 0.2) is 12.1 Å². The monoisotopic (exact) mass is 342 g/mol. The Bertz CT molecular complexity index is 650. The van der Waals surface area contributed by atoms with Gasteiger partial charge in [-0.3, -0.25) is 4.79 Å². The van der Waals surface area contributed by atoms with E-state index < -0.39 is 0 Å². The van der Waals surface area contributed by atoms with Crippen molar-refractivity contribution in [3.05, 3.63) is 26.9 Å². The Morgan fingerprint density at radius 2 is 2.29 bits per heavy atom. The fourth-order valence-corrected chi connectivity index (χ4v) is 3.74. The SMILES string of the molecule is Nc1nsc(NCCc2ccc(Cl)s2)c1C(=O)NC1CC1. The molecule has 0 bridgehead atoms. The Morgan fingerprint density at radius 3 is 2.95 bits per heavy atom. The zero-order valence-corrected chi connectivity index (χ0v) is 13.6. The molecule has 0 atom stereocenters. The van der Waals surface area contributed by atoms with Gasteiger partial charge in [-0.05, 0) is 42.9 Å². The van der Waals surface area contributed by atoms with Crippen LogP contribution in [-0.2, 0) is 6.42 Å². The van der Waals surface area contributed by atoms with Crippen LogP contribution in [0.5, 0.6) is 0 Å². The quantitative estimate of drug-likeness (QED) is 0.754. The van der Waals surface area contributed by atoms with E-state index in [0.29, 0.717) is 24.0 Å². The maximum atomic E-state index is 12.2. The van der Waals surface area contributed by atoms with Gasteiger partial charge in [-0.15, -0.1) is 11.3 Å². The highest BCUT2D eigenvalue weighted by Gasteiger charge is 2.27. The molecule has 2 aromatic rings. The molecule has 2 aromatic heterocycles. The van der Waals surface area contributed by atoms with Crippen LogP contribution in [-0.4, -0.2) is 22.9 Å². The van der Waals surface area contributed by atoms with Gasteiger partial charge in [0.2, 0.25) is 0 Å². The van der Waals surface area contributed by atoms with Crippen molar-refractivity contribution in [2.75, 3.05) is 17.6 Å².